The second-order valence-corrected chi connectivity index (χ2v) is 4.89. The van der Waals surface area contributed by atoms with Crippen molar-refractivity contribution in [3.8, 4) is 0 Å². The highest BCUT2D eigenvalue weighted by Crippen LogP contribution is 2.27. The predicted octanol–water partition coefficient (Wildman–Crippen LogP) is 2.87. The first-order valence-corrected chi connectivity index (χ1v) is 6.50. The zero-order chi connectivity index (χ0) is 13.7. The van der Waals surface area contributed by atoms with Crippen LogP contribution in [0.3, 0.4) is 0 Å². The van der Waals surface area contributed by atoms with Gasteiger partial charge < -0.3 is 10.2 Å². The summed E-state index contributed by atoms with van der Waals surface area (Å²) in [4.78, 5) is 13.1. The van der Waals surface area contributed by atoms with Crippen LogP contribution in [0.5, 0.6) is 0 Å². The third kappa shape index (κ3) is 4.85. The van der Waals surface area contributed by atoms with E-state index < -0.39 is 19.0 Å². The number of hydrogen-bond acceptors (Lipinski definition) is 1. The summed E-state index contributed by atoms with van der Waals surface area (Å²) < 4.78 is 25.1. The summed E-state index contributed by atoms with van der Waals surface area (Å²) in [6.45, 7) is 0.264. The number of alkyl halides is 2. The number of nitrogens with zero attached hydrogens (tertiary/aromatic N) is 1. The van der Waals surface area contributed by atoms with Gasteiger partial charge >= 0.3 is 6.03 Å². The molecule has 1 aromatic carbocycles. The molecule has 0 atom stereocenters. The molecular formula is C14H18F2N2O. The lowest BCUT2D eigenvalue weighted by molar-refractivity contribution is 0.0956. The van der Waals surface area contributed by atoms with Crippen molar-refractivity contribution in [2.45, 2.75) is 25.8 Å². The van der Waals surface area contributed by atoms with Crippen molar-refractivity contribution in [3.05, 3.63) is 35.9 Å². The normalized spacial score (nSPS) is 14.5. The molecule has 1 aliphatic rings. The first-order chi connectivity index (χ1) is 9.15. The van der Waals surface area contributed by atoms with Crippen LogP contribution in [-0.2, 0) is 6.54 Å². The van der Waals surface area contributed by atoms with E-state index in [1.165, 1.54) is 4.90 Å². The summed E-state index contributed by atoms with van der Waals surface area (Å²) in [6.07, 6.45) is -0.280. The summed E-state index contributed by atoms with van der Waals surface area (Å²) in [5.41, 5.74) is 0.852. The lowest BCUT2D eigenvalue weighted by Gasteiger charge is -2.22. The Morgan fingerprint density at radius 1 is 1.32 bits per heavy atom. The number of amides is 2. The van der Waals surface area contributed by atoms with Crippen molar-refractivity contribution < 1.29 is 13.6 Å². The number of carbonyl (C=O) groups excluding carboxylic acids is 1. The number of hydrogen-bond donors (Lipinski definition) is 1. The molecule has 1 aliphatic carbocycles. The highest BCUT2D eigenvalue weighted by Gasteiger charge is 2.24. The van der Waals surface area contributed by atoms with E-state index in [-0.39, 0.29) is 6.54 Å². The molecule has 19 heavy (non-hydrogen) atoms. The fourth-order valence-electron chi connectivity index (χ4n) is 1.86. The van der Waals surface area contributed by atoms with Gasteiger partial charge in [0.15, 0.2) is 0 Å². The van der Waals surface area contributed by atoms with Gasteiger partial charge in [-0.15, -0.1) is 0 Å². The molecule has 0 bridgehead atoms. The monoisotopic (exact) mass is 268 g/mol. The lowest BCUT2D eigenvalue weighted by Crippen LogP contribution is -2.42. The van der Waals surface area contributed by atoms with Crippen LogP contribution < -0.4 is 5.32 Å². The van der Waals surface area contributed by atoms with E-state index in [1.54, 1.807) is 0 Å². The Balaban J connectivity index is 1.91. The highest BCUT2D eigenvalue weighted by atomic mass is 19.3. The largest absolute Gasteiger partial charge is 0.338 e. The van der Waals surface area contributed by atoms with Gasteiger partial charge in [0.1, 0.15) is 0 Å². The van der Waals surface area contributed by atoms with Crippen LogP contribution in [0, 0.1) is 5.92 Å². The van der Waals surface area contributed by atoms with Gasteiger partial charge in [-0.1, -0.05) is 30.3 Å². The van der Waals surface area contributed by atoms with Crippen molar-refractivity contribution >= 4 is 6.03 Å². The fourth-order valence-corrected chi connectivity index (χ4v) is 1.86. The minimum Gasteiger partial charge on any atom is -0.338 e. The first-order valence-electron chi connectivity index (χ1n) is 6.50. The van der Waals surface area contributed by atoms with Gasteiger partial charge in [-0.3, -0.25) is 0 Å². The van der Waals surface area contributed by atoms with Gasteiger partial charge in [0.25, 0.3) is 6.43 Å². The van der Waals surface area contributed by atoms with Crippen molar-refractivity contribution in [3.63, 3.8) is 0 Å². The fraction of sp³-hybridized carbons (Fsp3) is 0.500. The van der Waals surface area contributed by atoms with Crippen LogP contribution in [0.4, 0.5) is 13.6 Å². The SMILES string of the molecule is O=C(NCC1CC1)N(Cc1ccccc1)CC(F)F. The van der Waals surface area contributed by atoms with E-state index in [0.717, 1.165) is 18.4 Å². The molecule has 0 spiro atoms. The van der Waals surface area contributed by atoms with E-state index in [1.807, 2.05) is 30.3 Å². The molecule has 3 nitrogen and oxygen atoms in total. The molecule has 0 unspecified atom stereocenters. The second kappa shape index (κ2) is 6.50. The Hall–Kier alpha value is -1.65. The number of halogens is 2. The van der Waals surface area contributed by atoms with Crippen LogP contribution in [-0.4, -0.2) is 30.4 Å². The molecule has 1 fully saturated rings. The molecule has 104 valence electrons. The molecule has 1 saturated carbocycles. The average Bonchev–Trinajstić information content (AvgIpc) is 3.20. The maximum Gasteiger partial charge on any atom is 0.317 e. The standard InChI is InChI=1S/C14H18F2N2O/c15-13(16)10-18(9-12-4-2-1-3-5-12)14(19)17-8-11-6-7-11/h1-5,11,13H,6-10H2,(H,17,19). The first kappa shape index (κ1) is 13.8. The molecule has 2 amide bonds. The molecular weight excluding hydrogens is 250 g/mol. The molecule has 1 N–H and O–H groups in total. The summed E-state index contributed by atoms with van der Waals surface area (Å²) in [5, 5.41) is 2.72. The quantitative estimate of drug-likeness (QED) is 0.845. The molecule has 0 aromatic heterocycles. The van der Waals surface area contributed by atoms with Gasteiger partial charge in [-0.25, -0.2) is 13.6 Å². The maximum absolute atomic E-state index is 12.5. The van der Waals surface area contributed by atoms with E-state index in [4.69, 9.17) is 0 Å². The number of nitrogens with one attached hydrogen (secondary N) is 1. The predicted molar refractivity (Wildman–Crippen MR) is 69.0 cm³/mol. The Kier molecular flexibility index (Phi) is 4.71. The summed E-state index contributed by atoms with van der Waals surface area (Å²) in [6, 6.07) is 8.76. The lowest BCUT2D eigenvalue weighted by atomic mass is 10.2. The number of carbonyl (C=O) groups is 1. The van der Waals surface area contributed by atoms with E-state index in [9.17, 15) is 13.6 Å². The third-order valence-corrected chi connectivity index (χ3v) is 3.10. The Morgan fingerprint density at radius 3 is 2.58 bits per heavy atom. The van der Waals surface area contributed by atoms with E-state index in [2.05, 4.69) is 5.32 Å². The molecule has 1 aromatic rings. The number of rotatable bonds is 6. The average molecular weight is 268 g/mol. The van der Waals surface area contributed by atoms with Gasteiger partial charge in [0.2, 0.25) is 0 Å². The third-order valence-electron chi connectivity index (χ3n) is 3.10. The molecule has 2 rings (SSSR count). The number of benzene rings is 1. The molecule has 0 radical (unpaired) electrons. The molecule has 0 heterocycles. The second-order valence-electron chi connectivity index (χ2n) is 4.89. The zero-order valence-corrected chi connectivity index (χ0v) is 10.7. The van der Waals surface area contributed by atoms with Gasteiger partial charge in [-0.05, 0) is 24.3 Å². The Labute approximate surface area is 111 Å². The van der Waals surface area contributed by atoms with Crippen molar-refractivity contribution in [2.75, 3.05) is 13.1 Å². The number of urea groups is 1. The molecule has 0 aliphatic heterocycles. The van der Waals surface area contributed by atoms with Crippen LogP contribution in [0.2, 0.25) is 0 Å². The smallest absolute Gasteiger partial charge is 0.317 e. The highest BCUT2D eigenvalue weighted by molar-refractivity contribution is 5.74. The Bertz CT molecular complexity index is 407. The van der Waals surface area contributed by atoms with Gasteiger partial charge in [-0.2, -0.15) is 0 Å². The molecule has 0 saturated heterocycles. The van der Waals surface area contributed by atoms with Gasteiger partial charge in [0, 0.05) is 13.1 Å². The van der Waals surface area contributed by atoms with E-state index >= 15 is 0 Å². The Morgan fingerprint density at radius 2 is 2.00 bits per heavy atom. The minimum absolute atomic E-state index is 0.210. The van der Waals surface area contributed by atoms with Crippen molar-refractivity contribution in [1.29, 1.82) is 0 Å². The topological polar surface area (TPSA) is 32.3 Å². The van der Waals surface area contributed by atoms with Crippen LogP contribution in [0.1, 0.15) is 18.4 Å². The minimum atomic E-state index is -2.52. The molecule has 5 heteroatoms. The summed E-state index contributed by atoms with van der Waals surface area (Å²) in [7, 11) is 0. The van der Waals surface area contributed by atoms with E-state index in [0.29, 0.717) is 12.5 Å². The summed E-state index contributed by atoms with van der Waals surface area (Å²) >= 11 is 0. The summed E-state index contributed by atoms with van der Waals surface area (Å²) in [5.74, 6) is 0.536. The van der Waals surface area contributed by atoms with Gasteiger partial charge in [0.05, 0.1) is 6.54 Å². The van der Waals surface area contributed by atoms with Crippen LogP contribution in [0.15, 0.2) is 30.3 Å². The van der Waals surface area contributed by atoms with Crippen molar-refractivity contribution in [1.82, 2.24) is 10.2 Å². The van der Waals surface area contributed by atoms with Crippen molar-refractivity contribution in [2.24, 2.45) is 5.92 Å². The maximum atomic E-state index is 12.5. The van der Waals surface area contributed by atoms with Crippen LogP contribution in [0.25, 0.3) is 0 Å². The van der Waals surface area contributed by atoms with Crippen LogP contribution >= 0.6 is 0 Å². The zero-order valence-electron chi connectivity index (χ0n) is 10.7.